The number of hydrogen-bond donors (Lipinski definition) is 2. The molecule has 7 heteroatoms. The number of phenolic OH excluding ortho intramolecular Hbond substituents is 1. The minimum Gasteiger partial charge on any atom is -0.504 e. The lowest BCUT2D eigenvalue weighted by Crippen LogP contribution is -1.91. The molecule has 0 saturated carbocycles. The Hall–Kier alpha value is -2.02. The maximum absolute atomic E-state index is 10.7. The van der Waals surface area contributed by atoms with Gasteiger partial charge in [-0.2, -0.15) is 0 Å². The summed E-state index contributed by atoms with van der Waals surface area (Å²) in [4.78, 5) is 10.7. The van der Waals surface area contributed by atoms with Crippen LogP contribution in [-0.4, -0.2) is 28.4 Å². The Kier molecular flexibility index (Phi) is 3.24. The Morgan fingerprint density at radius 3 is 2.78 bits per heavy atom. The number of hydrogen-bond acceptors (Lipinski definition) is 5. The lowest BCUT2D eigenvalue weighted by Gasteiger charge is -2.08. The van der Waals surface area contributed by atoms with E-state index in [9.17, 15) is 9.90 Å². The highest BCUT2D eigenvalue weighted by molar-refractivity contribution is 9.10. The third-order valence-corrected chi connectivity index (χ3v) is 2.91. The molecule has 0 fully saturated rings. The van der Waals surface area contributed by atoms with Gasteiger partial charge in [0.25, 0.3) is 0 Å². The van der Waals surface area contributed by atoms with Crippen molar-refractivity contribution in [2.75, 3.05) is 7.11 Å². The molecule has 2 N–H and O–H groups in total. The molecule has 0 aliphatic carbocycles. The molecule has 0 bridgehead atoms. The van der Waals surface area contributed by atoms with Gasteiger partial charge in [0.2, 0.25) is 5.76 Å². The van der Waals surface area contributed by atoms with Gasteiger partial charge in [0.1, 0.15) is 5.69 Å². The van der Waals surface area contributed by atoms with Crippen LogP contribution in [0.2, 0.25) is 0 Å². The smallest absolute Gasteiger partial charge is 0.374 e. The first-order chi connectivity index (χ1) is 8.54. The molecule has 2 rings (SSSR count). The molecule has 94 valence electrons. The van der Waals surface area contributed by atoms with Crippen molar-refractivity contribution in [2.45, 2.75) is 0 Å². The molecule has 0 amide bonds. The Balaban J connectivity index is 2.53. The minimum absolute atomic E-state index is 0.142. The SMILES string of the molecule is COc1c(Br)ccc(-c2cc(C(=O)O)on2)c1O. The lowest BCUT2D eigenvalue weighted by molar-refractivity contribution is 0.0652. The number of aromatic nitrogens is 1. The van der Waals surface area contributed by atoms with Gasteiger partial charge < -0.3 is 19.5 Å². The second kappa shape index (κ2) is 4.69. The van der Waals surface area contributed by atoms with Gasteiger partial charge in [-0.3, -0.25) is 0 Å². The van der Waals surface area contributed by atoms with Crippen molar-refractivity contribution >= 4 is 21.9 Å². The summed E-state index contributed by atoms with van der Waals surface area (Å²) in [7, 11) is 1.41. The Labute approximate surface area is 110 Å². The monoisotopic (exact) mass is 313 g/mol. The average molecular weight is 314 g/mol. The van der Waals surface area contributed by atoms with Crippen LogP contribution in [0.3, 0.4) is 0 Å². The molecule has 1 heterocycles. The van der Waals surface area contributed by atoms with E-state index in [1.54, 1.807) is 12.1 Å². The van der Waals surface area contributed by atoms with Crippen molar-refractivity contribution in [3.05, 3.63) is 28.4 Å². The molecule has 2 aromatic rings. The van der Waals surface area contributed by atoms with E-state index in [1.807, 2.05) is 0 Å². The first-order valence-corrected chi connectivity index (χ1v) is 5.59. The molecule has 6 nitrogen and oxygen atoms in total. The number of rotatable bonds is 3. The average Bonchev–Trinajstić information content (AvgIpc) is 2.79. The van der Waals surface area contributed by atoms with Gasteiger partial charge in [-0.05, 0) is 28.1 Å². The fourth-order valence-corrected chi connectivity index (χ4v) is 1.93. The highest BCUT2D eigenvalue weighted by atomic mass is 79.9. The van der Waals surface area contributed by atoms with Crippen LogP contribution in [0.25, 0.3) is 11.3 Å². The lowest BCUT2D eigenvalue weighted by atomic mass is 10.1. The number of aromatic carboxylic acids is 1. The van der Waals surface area contributed by atoms with E-state index in [2.05, 4.69) is 25.6 Å². The van der Waals surface area contributed by atoms with Gasteiger partial charge in [0.15, 0.2) is 11.5 Å². The molecule has 18 heavy (non-hydrogen) atoms. The zero-order valence-corrected chi connectivity index (χ0v) is 10.8. The van der Waals surface area contributed by atoms with Crippen LogP contribution in [0.4, 0.5) is 0 Å². The zero-order valence-electron chi connectivity index (χ0n) is 9.18. The number of carbonyl (C=O) groups is 1. The van der Waals surface area contributed by atoms with Gasteiger partial charge >= 0.3 is 5.97 Å². The summed E-state index contributed by atoms with van der Waals surface area (Å²) in [5, 5.41) is 22.3. The maximum atomic E-state index is 10.7. The van der Waals surface area contributed by atoms with E-state index in [0.717, 1.165) is 0 Å². The molecule has 1 aromatic carbocycles. The molecule has 0 unspecified atom stereocenters. The Bertz CT molecular complexity index is 607. The van der Waals surface area contributed by atoms with E-state index in [4.69, 9.17) is 9.84 Å². The number of carboxylic acid groups (broad SMARTS) is 1. The number of ether oxygens (including phenoxy) is 1. The Morgan fingerprint density at radius 1 is 1.50 bits per heavy atom. The standard InChI is InChI=1S/C11H8BrNO5/c1-17-10-6(12)3-2-5(9(10)14)7-4-8(11(15)16)18-13-7/h2-4,14H,1H3,(H,15,16). The quantitative estimate of drug-likeness (QED) is 0.904. The van der Waals surface area contributed by atoms with E-state index in [1.165, 1.54) is 13.2 Å². The van der Waals surface area contributed by atoms with Crippen LogP contribution in [0.5, 0.6) is 11.5 Å². The van der Waals surface area contributed by atoms with Crippen molar-refractivity contribution in [3.63, 3.8) is 0 Å². The Morgan fingerprint density at radius 2 is 2.22 bits per heavy atom. The third-order valence-electron chi connectivity index (χ3n) is 2.28. The van der Waals surface area contributed by atoms with Crippen LogP contribution in [0.15, 0.2) is 27.2 Å². The zero-order chi connectivity index (χ0) is 13.3. The van der Waals surface area contributed by atoms with Gasteiger partial charge in [-0.25, -0.2) is 4.79 Å². The number of nitrogens with zero attached hydrogens (tertiary/aromatic N) is 1. The summed E-state index contributed by atoms with van der Waals surface area (Å²) in [6, 6.07) is 4.46. The van der Waals surface area contributed by atoms with E-state index >= 15 is 0 Å². The number of benzene rings is 1. The van der Waals surface area contributed by atoms with Crippen molar-refractivity contribution < 1.29 is 24.3 Å². The second-order valence-electron chi connectivity index (χ2n) is 3.36. The summed E-state index contributed by atoms with van der Waals surface area (Å²) >= 11 is 3.22. The maximum Gasteiger partial charge on any atom is 0.374 e. The predicted octanol–water partition coefficient (Wildman–Crippen LogP) is 2.52. The fraction of sp³-hybridized carbons (Fsp3) is 0.0909. The largest absolute Gasteiger partial charge is 0.504 e. The number of phenols is 1. The first kappa shape index (κ1) is 12.4. The summed E-state index contributed by atoms with van der Waals surface area (Å²) in [6.45, 7) is 0. The molecule has 0 aliphatic heterocycles. The molecule has 0 spiro atoms. The minimum atomic E-state index is -1.22. The molecule has 1 aromatic heterocycles. The highest BCUT2D eigenvalue weighted by Gasteiger charge is 2.18. The van der Waals surface area contributed by atoms with Crippen LogP contribution in [0.1, 0.15) is 10.6 Å². The van der Waals surface area contributed by atoms with Crippen molar-refractivity contribution in [1.82, 2.24) is 5.16 Å². The van der Waals surface area contributed by atoms with Gasteiger partial charge in [-0.1, -0.05) is 5.16 Å². The normalized spacial score (nSPS) is 10.3. The summed E-state index contributed by atoms with van der Waals surface area (Å²) in [5.41, 5.74) is 0.544. The summed E-state index contributed by atoms with van der Waals surface area (Å²) in [6.07, 6.45) is 0. The van der Waals surface area contributed by atoms with Gasteiger partial charge in [-0.15, -0.1) is 0 Å². The summed E-state index contributed by atoms with van der Waals surface area (Å²) < 4.78 is 10.2. The van der Waals surface area contributed by atoms with Crippen LogP contribution < -0.4 is 4.74 Å². The van der Waals surface area contributed by atoms with Crippen molar-refractivity contribution in [1.29, 1.82) is 0 Å². The van der Waals surface area contributed by atoms with Crippen molar-refractivity contribution in [3.8, 4) is 22.8 Å². The van der Waals surface area contributed by atoms with Crippen LogP contribution in [0, 0.1) is 0 Å². The molecular formula is C11H8BrNO5. The molecule has 0 aliphatic rings. The molecule has 0 atom stereocenters. The topological polar surface area (TPSA) is 92.8 Å². The molecule has 0 radical (unpaired) electrons. The van der Waals surface area contributed by atoms with Gasteiger partial charge in [0, 0.05) is 11.6 Å². The van der Waals surface area contributed by atoms with E-state index in [-0.39, 0.29) is 23.0 Å². The molecule has 0 saturated heterocycles. The third kappa shape index (κ3) is 2.04. The summed E-state index contributed by atoms with van der Waals surface area (Å²) in [5.74, 6) is -1.42. The molecular weight excluding hydrogens is 306 g/mol. The van der Waals surface area contributed by atoms with Crippen LogP contribution in [-0.2, 0) is 0 Å². The van der Waals surface area contributed by atoms with Crippen molar-refractivity contribution in [2.24, 2.45) is 0 Å². The fourth-order valence-electron chi connectivity index (χ4n) is 1.45. The van der Waals surface area contributed by atoms with Crippen LogP contribution >= 0.6 is 15.9 Å². The number of methoxy groups -OCH3 is 1. The van der Waals surface area contributed by atoms with E-state index in [0.29, 0.717) is 10.0 Å². The van der Waals surface area contributed by atoms with Gasteiger partial charge in [0.05, 0.1) is 11.6 Å². The highest BCUT2D eigenvalue weighted by Crippen LogP contribution is 2.41. The van der Waals surface area contributed by atoms with E-state index < -0.39 is 5.97 Å². The first-order valence-electron chi connectivity index (χ1n) is 4.80. The number of carboxylic acids is 1. The number of aromatic hydroxyl groups is 1. The predicted molar refractivity (Wildman–Crippen MR) is 64.8 cm³/mol. The second-order valence-corrected chi connectivity index (χ2v) is 4.21. The number of halogens is 1.